The monoisotopic (exact) mass is 224 g/mol. The number of rotatable bonds is 5. The van der Waals surface area contributed by atoms with Gasteiger partial charge in [0.15, 0.2) is 0 Å². The van der Waals surface area contributed by atoms with Crippen molar-refractivity contribution in [2.24, 2.45) is 5.84 Å². The molecule has 0 heterocycles. The number of hydrazine groups is 1. The number of benzene rings is 1. The molecule has 0 aliphatic carbocycles. The summed E-state index contributed by atoms with van der Waals surface area (Å²) in [6, 6.07) is 4.06. The fraction of sp³-hybridized carbons (Fsp3) is 0.500. The molecule has 1 atom stereocenters. The van der Waals surface area contributed by atoms with Gasteiger partial charge in [-0.25, -0.2) is 0 Å². The van der Waals surface area contributed by atoms with Crippen molar-refractivity contribution in [2.75, 3.05) is 20.8 Å². The summed E-state index contributed by atoms with van der Waals surface area (Å²) in [5.74, 6) is 6.38. The summed E-state index contributed by atoms with van der Waals surface area (Å²) in [5, 5.41) is 0. The molecule has 0 spiro atoms. The van der Waals surface area contributed by atoms with Crippen molar-refractivity contribution in [3.8, 4) is 5.75 Å². The van der Waals surface area contributed by atoms with Crippen LogP contribution in [-0.2, 0) is 4.74 Å². The van der Waals surface area contributed by atoms with E-state index in [-0.39, 0.29) is 6.04 Å². The van der Waals surface area contributed by atoms with Crippen LogP contribution in [0.3, 0.4) is 0 Å². The van der Waals surface area contributed by atoms with Gasteiger partial charge in [0.05, 0.1) is 19.8 Å². The summed E-state index contributed by atoms with van der Waals surface area (Å²) < 4.78 is 10.5. The predicted molar refractivity (Wildman–Crippen MR) is 64.4 cm³/mol. The molecule has 0 aromatic heterocycles. The molecule has 0 bridgehead atoms. The van der Waals surface area contributed by atoms with Crippen molar-refractivity contribution >= 4 is 0 Å². The van der Waals surface area contributed by atoms with Crippen LogP contribution >= 0.6 is 0 Å². The van der Waals surface area contributed by atoms with Crippen molar-refractivity contribution in [1.29, 1.82) is 0 Å². The van der Waals surface area contributed by atoms with E-state index in [4.69, 9.17) is 15.3 Å². The van der Waals surface area contributed by atoms with Gasteiger partial charge in [0.25, 0.3) is 0 Å². The maximum atomic E-state index is 5.54. The third-order valence-electron chi connectivity index (χ3n) is 2.60. The van der Waals surface area contributed by atoms with Gasteiger partial charge in [0, 0.05) is 12.7 Å². The largest absolute Gasteiger partial charge is 0.496 e. The fourth-order valence-electron chi connectivity index (χ4n) is 1.94. The summed E-state index contributed by atoms with van der Waals surface area (Å²) in [6.07, 6.45) is 0. The lowest BCUT2D eigenvalue weighted by molar-refractivity contribution is 0.165. The van der Waals surface area contributed by atoms with Crippen molar-refractivity contribution < 1.29 is 9.47 Å². The zero-order valence-electron chi connectivity index (χ0n) is 10.3. The maximum Gasteiger partial charge on any atom is 0.124 e. The minimum atomic E-state index is -0.0550. The molecule has 4 nitrogen and oxygen atoms in total. The van der Waals surface area contributed by atoms with Crippen LogP contribution < -0.4 is 16.0 Å². The first-order valence-electron chi connectivity index (χ1n) is 5.24. The summed E-state index contributed by atoms with van der Waals surface area (Å²) in [5.41, 5.74) is 6.12. The van der Waals surface area contributed by atoms with Crippen molar-refractivity contribution in [2.45, 2.75) is 19.9 Å². The molecule has 3 N–H and O–H groups in total. The first kappa shape index (κ1) is 13.0. The van der Waals surface area contributed by atoms with E-state index in [1.807, 2.05) is 19.9 Å². The van der Waals surface area contributed by atoms with E-state index in [1.54, 1.807) is 14.2 Å². The molecular formula is C12H20N2O2. The Bertz CT molecular complexity index is 353. The first-order chi connectivity index (χ1) is 7.63. The third kappa shape index (κ3) is 2.72. The number of hydrogen-bond acceptors (Lipinski definition) is 4. The number of ether oxygens (including phenoxy) is 2. The topological polar surface area (TPSA) is 56.5 Å². The van der Waals surface area contributed by atoms with Gasteiger partial charge in [-0.1, -0.05) is 6.07 Å². The van der Waals surface area contributed by atoms with E-state index in [0.29, 0.717) is 6.61 Å². The van der Waals surface area contributed by atoms with Gasteiger partial charge in [-0.15, -0.1) is 0 Å². The van der Waals surface area contributed by atoms with Crippen molar-refractivity contribution in [3.63, 3.8) is 0 Å². The highest BCUT2D eigenvalue weighted by Crippen LogP contribution is 2.29. The van der Waals surface area contributed by atoms with Crippen LogP contribution in [0.5, 0.6) is 5.75 Å². The zero-order valence-corrected chi connectivity index (χ0v) is 10.3. The lowest BCUT2D eigenvalue weighted by Gasteiger charge is -2.21. The third-order valence-corrected chi connectivity index (χ3v) is 2.60. The Morgan fingerprint density at radius 1 is 1.31 bits per heavy atom. The van der Waals surface area contributed by atoms with Gasteiger partial charge in [-0.3, -0.25) is 11.3 Å². The van der Waals surface area contributed by atoms with Crippen LogP contribution in [-0.4, -0.2) is 20.8 Å². The molecule has 0 radical (unpaired) electrons. The highest BCUT2D eigenvalue weighted by atomic mass is 16.5. The summed E-state index contributed by atoms with van der Waals surface area (Å²) in [7, 11) is 3.32. The Morgan fingerprint density at radius 2 is 2.00 bits per heavy atom. The molecule has 0 fully saturated rings. The van der Waals surface area contributed by atoms with Crippen LogP contribution in [0.4, 0.5) is 0 Å². The van der Waals surface area contributed by atoms with Crippen LogP contribution in [0.1, 0.15) is 22.7 Å². The van der Waals surface area contributed by atoms with Crippen LogP contribution in [0.2, 0.25) is 0 Å². The molecule has 1 aromatic carbocycles. The van der Waals surface area contributed by atoms with Crippen LogP contribution in [0.15, 0.2) is 12.1 Å². The van der Waals surface area contributed by atoms with Crippen molar-refractivity contribution in [1.82, 2.24) is 5.43 Å². The lowest BCUT2D eigenvalue weighted by atomic mass is 9.98. The number of aryl methyl sites for hydroxylation is 2. The lowest BCUT2D eigenvalue weighted by Crippen LogP contribution is -2.32. The molecule has 0 saturated carbocycles. The first-order valence-corrected chi connectivity index (χ1v) is 5.24. The van der Waals surface area contributed by atoms with Gasteiger partial charge in [-0.2, -0.15) is 0 Å². The quantitative estimate of drug-likeness (QED) is 0.587. The average Bonchev–Trinajstić information content (AvgIpc) is 2.25. The highest BCUT2D eigenvalue weighted by Gasteiger charge is 2.17. The smallest absolute Gasteiger partial charge is 0.124 e. The molecule has 16 heavy (non-hydrogen) atoms. The van der Waals surface area contributed by atoms with Gasteiger partial charge in [-0.05, 0) is 31.0 Å². The highest BCUT2D eigenvalue weighted by molar-refractivity contribution is 5.45. The normalized spacial score (nSPS) is 12.6. The van der Waals surface area contributed by atoms with E-state index >= 15 is 0 Å². The molecule has 1 unspecified atom stereocenters. The van der Waals surface area contributed by atoms with E-state index < -0.39 is 0 Å². The Balaban J connectivity index is 3.18. The maximum absolute atomic E-state index is 5.54. The molecule has 1 rings (SSSR count). The molecular weight excluding hydrogens is 204 g/mol. The van der Waals surface area contributed by atoms with Gasteiger partial charge in [0.1, 0.15) is 5.75 Å². The Labute approximate surface area is 96.7 Å². The van der Waals surface area contributed by atoms with Gasteiger partial charge in [0.2, 0.25) is 0 Å². The van der Waals surface area contributed by atoms with Crippen molar-refractivity contribution in [3.05, 3.63) is 28.8 Å². The van der Waals surface area contributed by atoms with E-state index in [2.05, 4.69) is 11.5 Å². The van der Waals surface area contributed by atoms with E-state index in [9.17, 15) is 0 Å². The number of methoxy groups -OCH3 is 2. The fourth-order valence-corrected chi connectivity index (χ4v) is 1.94. The van der Waals surface area contributed by atoms with E-state index in [0.717, 1.165) is 16.9 Å². The second-order valence-electron chi connectivity index (χ2n) is 3.87. The molecule has 4 heteroatoms. The Morgan fingerprint density at radius 3 is 2.50 bits per heavy atom. The summed E-state index contributed by atoms with van der Waals surface area (Å²) >= 11 is 0. The molecule has 0 amide bonds. The summed E-state index contributed by atoms with van der Waals surface area (Å²) in [4.78, 5) is 0. The minimum absolute atomic E-state index is 0.0550. The predicted octanol–water partition coefficient (Wildman–Crippen LogP) is 1.46. The number of nitrogens with one attached hydrogen (secondary N) is 1. The number of nitrogens with two attached hydrogens (primary N) is 1. The summed E-state index contributed by atoms with van der Waals surface area (Å²) in [6.45, 7) is 4.60. The van der Waals surface area contributed by atoms with Gasteiger partial charge < -0.3 is 9.47 Å². The second-order valence-corrected chi connectivity index (χ2v) is 3.87. The molecule has 90 valence electrons. The zero-order chi connectivity index (χ0) is 12.1. The second kappa shape index (κ2) is 5.84. The number of hydrogen-bond donors (Lipinski definition) is 2. The molecule has 0 aliphatic heterocycles. The van der Waals surface area contributed by atoms with E-state index in [1.165, 1.54) is 5.56 Å². The minimum Gasteiger partial charge on any atom is -0.496 e. The Hall–Kier alpha value is -1.10. The molecule has 0 saturated heterocycles. The average molecular weight is 224 g/mol. The Kier molecular flexibility index (Phi) is 4.73. The van der Waals surface area contributed by atoms with Gasteiger partial charge >= 0.3 is 0 Å². The SMILES string of the molecule is COCC(NN)c1c(C)cc(C)cc1OC. The molecule has 1 aromatic rings. The molecule has 0 aliphatic rings. The van der Waals surface area contributed by atoms with Crippen LogP contribution in [0.25, 0.3) is 0 Å². The standard InChI is InChI=1S/C12H20N2O2/c1-8-5-9(2)12(11(6-8)16-4)10(14-13)7-15-3/h5-6,10,14H,7,13H2,1-4H3. The van der Waals surface area contributed by atoms with Crippen LogP contribution in [0, 0.1) is 13.8 Å².